The molecule has 0 aliphatic carbocycles. The van der Waals surface area contributed by atoms with E-state index in [4.69, 9.17) is 20.3 Å². The van der Waals surface area contributed by atoms with Gasteiger partial charge in [0.2, 0.25) is 5.91 Å². The molecule has 206 valence electrons. The fourth-order valence-corrected chi connectivity index (χ4v) is 4.52. The van der Waals surface area contributed by atoms with Gasteiger partial charge in [-0.1, -0.05) is 0 Å². The van der Waals surface area contributed by atoms with Crippen LogP contribution < -0.4 is 16.4 Å². The molecule has 4 aromatic heterocycles. The van der Waals surface area contributed by atoms with Gasteiger partial charge in [-0.3, -0.25) is 9.32 Å². The number of amides is 1. The molecule has 0 spiro atoms. The number of rotatable bonds is 10. The van der Waals surface area contributed by atoms with Crippen molar-refractivity contribution in [1.82, 2.24) is 39.8 Å². The van der Waals surface area contributed by atoms with Crippen molar-refractivity contribution in [3.8, 4) is 0 Å². The number of hydrogen-bond donors (Lipinski definition) is 7. The topological polar surface area (TPSA) is 249 Å². The number of nitrogens with zero attached hydrogens (tertiary/aromatic N) is 6. The number of nitrogen functional groups attached to an aromatic ring is 1. The molecule has 0 unspecified atom stereocenters. The van der Waals surface area contributed by atoms with Gasteiger partial charge < -0.3 is 45.5 Å². The van der Waals surface area contributed by atoms with E-state index in [9.17, 15) is 14.5 Å². The molecule has 1 amide bonds. The second-order valence-electron chi connectivity index (χ2n) is 8.54. The van der Waals surface area contributed by atoms with E-state index in [0.717, 1.165) is 0 Å². The Bertz CT molecular complexity index is 1570. The number of H-pyrrole nitrogens is 1. The number of nitrogens with two attached hydrogens (primary N) is 1. The average Bonchev–Trinajstić information content (AvgIpc) is 3.61. The van der Waals surface area contributed by atoms with Crippen LogP contribution in [0.3, 0.4) is 0 Å². The summed E-state index contributed by atoms with van der Waals surface area (Å²) in [6.45, 7) is 0.203. The predicted octanol–water partition coefficient (Wildman–Crippen LogP) is -0.321. The van der Waals surface area contributed by atoms with E-state index >= 15 is 0 Å². The highest BCUT2D eigenvalue weighted by Gasteiger charge is 2.37. The number of phosphoric ester groups is 1. The zero-order valence-electron chi connectivity index (χ0n) is 20.2. The van der Waals surface area contributed by atoms with E-state index in [-0.39, 0.29) is 18.1 Å². The van der Waals surface area contributed by atoms with Crippen LogP contribution >= 0.6 is 7.82 Å². The van der Waals surface area contributed by atoms with Crippen molar-refractivity contribution in [3.63, 3.8) is 0 Å². The molecule has 17 nitrogen and oxygen atoms in total. The first kappa shape index (κ1) is 26.6. The lowest BCUT2D eigenvalue weighted by atomic mass is 10.2. The minimum Gasteiger partial charge on any atom is -0.390 e. The van der Waals surface area contributed by atoms with Gasteiger partial charge in [0.25, 0.3) is 0 Å². The average molecular weight is 560 g/mol. The van der Waals surface area contributed by atoms with Crippen LogP contribution in [0.2, 0.25) is 0 Å². The highest BCUT2D eigenvalue weighted by atomic mass is 31.2. The Labute approximate surface area is 219 Å². The molecular formula is C21H25N10O7P. The summed E-state index contributed by atoms with van der Waals surface area (Å²) in [5.41, 5.74) is 8.22. The summed E-state index contributed by atoms with van der Waals surface area (Å²) >= 11 is 0. The minimum absolute atomic E-state index is 0.108. The molecule has 39 heavy (non-hydrogen) atoms. The van der Waals surface area contributed by atoms with E-state index in [2.05, 4.69) is 45.1 Å². The second kappa shape index (κ2) is 11.0. The molecule has 5 heterocycles. The summed E-state index contributed by atoms with van der Waals surface area (Å²) < 4.78 is 22.9. The number of hydrogen-bond acceptors (Lipinski definition) is 12. The number of aliphatic hydroxyl groups excluding tert-OH is 1. The van der Waals surface area contributed by atoms with Gasteiger partial charge in [-0.15, -0.1) is 0 Å². The number of aromatic amines is 1. The molecule has 1 aliphatic rings. The number of carbonyl (C=O) groups excluding carboxylic acids is 1. The van der Waals surface area contributed by atoms with Gasteiger partial charge in [-0.05, 0) is 6.08 Å². The fourth-order valence-electron chi connectivity index (χ4n) is 4.18. The number of aliphatic hydroxyl groups is 1. The quantitative estimate of drug-likeness (QED) is 0.0746. The molecular weight excluding hydrogens is 535 g/mol. The number of anilines is 2. The molecule has 4 aromatic rings. The first-order valence-corrected chi connectivity index (χ1v) is 13.2. The number of nitrogens with one attached hydrogen (secondary N) is 3. The van der Waals surface area contributed by atoms with Crippen molar-refractivity contribution >= 4 is 53.6 Å². The highest BCUT2D eigenvalue weighted by molar-refractivity contribution is 7.46. The second-order valence-corrected chi connectivity index (χ2v) is 9.78. The van der Waals surface area contributed by atoms with E-state index in [0.29, 0.717) is 46.7 Å². The summed E-state index contributed by atoms with van der Waals surface area (Å²) in [5, 5.41) is 16.7. The maximum atomic E-state index is 12.4. The van der Waals surface area contributed by atoms with E-state index < -0.39 is 32.9 Å². The van der Waals surface area contributed by atoms with Crippen LogP contribution in [-0.2, 0) is 18.6 Å². The molecule has 18 heteroatoms. The van der Waals surface area contributed by atoms with Gasteiger partial charge >= 0.3 is 7.82 Å². The van der Waals surface area contributed by atoms with Gasteiger partial charge in [0.15, 0.2) is 11.5 Å². The number of phosphoric acid groups is 1. The van der Waals surface area contributed by atoms with Crippen LogP contribution in [0.1, 0.15) is 18.2 Å². The molecule has 5 rings (SSSR count). The van der Waals surface area contributed by atoms with Crippen molar-refractivity contribution in [1.29, 1.82) is 0 Å². The van der Waals surface area contributed by atoms with E-state index in [1.165, 1.54) is 25.1 Å². The molecule has 0 bridgehead atoms. The monoisotopic (exact) mass is 560 g/mol. The van der Waals surface area contributed by atoms with Crippen LogP contribution in [0.25, 0.3) is 28.3 Å². The predicted molar refractivity (Wildman–Crippen MR) is 137 cm³/mol. The fraction of sp³-hybridized carbons (Fsp3) is 0.333. The Morgan fingerprint density at radius 3 is 2.90 bits per heavy atom. The third-order valence-corrected chi connectivity index (χ3v) is 6.42. The number of imidazole rings is 1. The Morgan fingerprint density at radius 1 is 1.26 bits per heavy atom. The Kier molecular flexibility index (Phi) is 7.51. The number of fused-ring (bicyclic) bond motifs is 2. The molecule has 1 saturated heterocycles. The third-order valence-electron chi connectivity index (χ3n) is 5.94. The van der Waals surface area contributed by atoms with Crippen LogP contribution in [-0.4, -0.2) is 87.2 Å². The summed E-state index contributed by atoms with van der Waals surface area (Å²) in [6, 6.07) is 0. The molecule has 8 N–H and O–H groups in total. The standard InChI is InChI=1S/C21H25N10O7P/c22-18-16-11(1-2-14(33)23-3-4-24-19-17-20(27-8-25-17)29-10-28-19)6-31(21(16)30-9-26-18)15-5-12(32)13(38-15)7-37-39(34,35)36/h1-2,6,8-10,12-13,15,32H,3-5,7H2,(H,23,33)(H2,22,26,30)(H2,34,35,36)(H2,24,25,27,28,29)/b2-1+/t12-,13-,15-/m1/s1. The number of carbonyl (C=O) groups is 1. The summed E-state index contributed by atoms with van der Waals surface area (Å²) in [5.74, 6) is 0.365. The van der Waals surface area contributed by atoms with Crippen LogP contribution in [0.5, 0.6) is 0 Å². The normalized spacial score (nSPS) is 19.8. The van der Waals surface area contributed by atoms with E-state index in [1.807, 2.05) is 0 Å². The van der Waals surface area contributed by atoms with Crippen LogP contribution in [0.4, 0.5) is 11.6 Å². The summed E-state index contributed by atoms with van der Waals surface area (Å²) in [7, 11) is -4.73. The molecule has 0 aromatic carbocycles. The highest BCUT2D eigenvalue weighted by Crippen LogP contribution is 2.39. The zero-order chi connectivity index (χ0) is 27.6. The van der Waals surface area contributed by atoms with Crippen molar-refractivity contribution in [2.24, 2.45) is 0 Å². The van der Waals surface area contributed by atoms with Gasteiger partial charge in [0, 0.05) is 37.3 Å². The molecule has 0 radical (unpaired) electrons. The lowest BCUT2D eigenvalue weighted by Gasteiger charge is -2.16. The van der Waals surface area contributed by atoms with Gasteiger partial charge in [-0.25, -0.2) is 29.5 Å². The summed E-state index contributed by atoms with van der Waals surface area (Å²) in [4.78, 5) is 53.9. The van der Waals surface area contributed by atoms with Crippen LogP contribution in [0, 0.1) is 0 Å². The molecule has 0 saturated carbocycles. The number of aromatic nitrogens is 7. The SMILES string of the molecule is Nc1ncnc2c1c(/C=C/C(=O)NCCNc1ncnc3[nH]cnc13)cn2[C@H]1C[C@@H](O)[C@@H](COP(=O)(O)O)O1. The molecule has 3 atom stereocenters. The summed E-state index contributed by atoms with van der Waals surface area (Å²) in [6.07, 6.45) is 6.11. The molecule has 1 aliphatic heterocycles. The minimum atomic E-state index is -4.73. The third kappa shape index (κ3) is 6.03. The Morgan fingerprint density at radius 2 is 2.08 bits per heavy atom. The van der Waals surface area contributed by atoms with Crippen molar-refractivity contribution < 1.29 is 33.5 Å². The van der Waals surface area contributed by atoms with Crippen molar-refractivity contribution in [2.45, 2.75) is 24.9 Å². The zero-order valence-corrected chi connectivity index (χ0v) is 21.1. The van der Waals surface area contributed by atoms with Gasteiger partial charge in [-0.2, -0.15) is 0 Å². The van der Waals surface area contributed by atoms with E-state index in [1.54, 1.807) is 16.8 Å². The number of ether oxygens (including phenoxy) is 1. The van der Waals surface area contributed by atoms with Gasteiger partial charge in [0.1, 0.15) is 42.0 Å². The van der Waals surface area contributed by atoms with Crippen molar-refractivity contribution in [2.75, 3.05) is 30.7 Å². The van der Waals surface area contributed by atoms with Gasteiger partial charge in [0.05, 0.1) is 24.4 Å². The maximum absolute atomic E-state index is 12.4. The van der Waals surface area contributed by atoms with Crippen LogP contribution in [0.15, 0.2) is 31.3 Å². The first-order valence-electron chi connectivity index (χ1n) is 11.7. The lowest BCUT2D eigenvalue weighted by molar-refractivity contribution is -0.116. The first-order chi connectivity index (χ1) is 18.7. The smallest absolute Gasteiger partial charge is 0.390 e. The Balaban J connectivity index is 1.24. The largest absolute Gasteiger partial charge is 0.469 e. The van der Waals surface area contributed by atoms with Crippen molar-refractivity contribution in [3.05, 3.63) is 36.8 Å². The molecule has 1 fully saturated rings. The lowest BCUT2D eigenvalue weighted by Crippen LogP contribution is -2.27. The maximum Gasteiger partial charge on any atom is 0.469 e. The Hall–Kier alpha value is -3.99.